The van der Waals surface area contributed by atoms with Crippen LogP contribution in [0.2, 0.25) is 0 Å². The Kier molecular flexibility index (Phi) is 2.85. The van der Waals surface area contributed by atoms with Gasteiger partial charge in [0.05, 0.1) is 12.1 Å². The predicted molar refractivity (Wildman–Crippen MR) is 71.7 cm³/mol. The average Bonchev–Trinajstić information content (AvgIpc) is 2.74. The van der Waals surface area contributed by atoms with Crippen LogP contribution in [0.25, 0.3) is 11.1 Å². The molecule has 4 heteroatoms. The molecule has 0 radical (unpaired) electrons. The number of aryl methyl sites for hydroxylation is 1. The highest BCUT2D eigenvalue weighted by Crippen LogP contribution is 2.41. The van der Waals surface area contributed by atoms with Crippen LogP contribution in [0.3, 0.4) is 0 Å². The molecule has 0 aliphatic heterocycles. The number of benzene rings is 1. The fourth-order valence-electron chi connectivity index (χ4n) is 2.61. The summed E-state index contributed by atoms with van der Waals surface area (Å²) in [5.74, 6) is -0.407. The molecule has 19 heavy (non-hydrogen) atoms. The van der Waals surface area contributed by atoms with E-state index in [1.165, 1.54) is 5.56 Å². The SMILES string of the molecule is Cn1cc(-c2ccc(C3CC(C(=O)O)C3)cc2)cn1. The molecule has 1 aromatic heterocycles. The number of aliphatic carboxylic acids is 1. The lowest BCUT2D eigenvalue weighted by Crippen LogP contribution is -2.28. The Balaban J connectivity index is 1.72. The van der Waals surface area contributed by atoms with E-state index in [4.69, 9.17) is 5.11 Å². The smallest absolute Gasteiger partial charge is 0.306 e. The molecule has 0 spiro atoms. The van der Waals surface area contributed by atoms with Crippen molar-refractivity contribution in [3.8, 4) is 11.1 Å². The molecule has 1 heterocycles. The molecule has 3 rings (SSSR count). The zero-order valence-corrected chi connectivity index (χ0v) is 10.8. The molecule has 0 bridgehead atoms. The van der Waals surface area contributed by atoms with E-state index in [1.807, 2.05) is 19.4 Å². The van der Waals surface area contributed by atoms with Gasteiger partial charge in [0.2, 0.25) is 0 Å². The van der Waals surface area contributed by atoms with E-state index < -0.39 is 5.97 Å². The molecule has 1 aliphatic carbocycles. The van der Waals surface area contributed by atoms with Gasteiger partial charge in [-0.2, -0.15) is 5.10 Å². The maximum atomic E-state index is 10.8. The van der Waals surface area contributed by atoms with Crippen molar-refractivity contribution in [2.75, 3.05) is 0 Å². The third-order valence-corrected chi connectivity index (χ3v) is 3.91. The van der Waals surface area contributed by atoms with Gasteiger partial charge in [-0.3, -0.25) is 9.48 Å². The van der Waals surface area contributed by atoms with Crippen molar-refractivity contribution in [1.82, 2.24) is 9.78 Å². The summed E-state index contributed by atoms with van der Waals surface area (Å²) >= 11 is 0. The van der Waals surface area contributed by atoms with E-state index >= 15 is 0 Å². The molecule has 0 unspecified atom stereocenters. The van der Waals surface area contributed by atoms with Gasteiger partial charge >= 0.3 is 5.97 Å². The third-order valence-electron chi connectivity index (χ3n) is 3.91. The maximum absolute atomic E-state index is 10.8. The van der Waals surface area contributed by atoms with Gasteiger partial charge in [-0.25, -0.2) is 0 Å². The summed E-state index contributed by atoms with van der Waals surface area (Å²) in [7, 11) is 1.90. The van der Waals surface area contributed by atoms with Crippen LogP contribution < -0.4 is 0 Å². The highest BCUT2D eigenvalue weighted by atomic mass is 16.4. The molecular formula is C15H16N2O2. The molecule has 0 saturated heterocycles. The maximum Gasteiger partial charge on any atom is 0.306 e. The van der Waals surface area contributed by atoms with Crippen molar-refractivity contribution in [3.05, 3.63) is 42.2 Å². The number of rotatable bonds is 3. The first kappa shape index (κ1) is 12.0. The number of nitrogens with zero attached hydrogens (tertiary/aromatic N) is 2. The van der Waals surface area contributed by atoms with Crippen LogP contribution in [-0.4, -0.2) is 20.9 Å². The quantitative estimate of drug-likeness (QED) is 0.918. The van der Waals surface area contributed by atoms with Crippen LogP contribution in [0.15, 0.2) is 36.7 Å². The Bertz CT molecular complexity index is 595. The molecule has 0 atom stereocenters. The molecule has 1 aromatic carbocycles. The molecule has 0 amide bonds. The van der Waals surface area contributed by atoms with Crippen LogP contribution in [0.4, 0.5) is 0 Å². The van der Waals surface area contributed by atoms with Gasteiger partial charge in [0, 0.05) is 18.8 Å². The lowest BCUT2D eigenvalue weighted by atomic mass is 9.71. The first-order valence-electron chi connectivity index (χ1n) is 6.45. The van der Waals surface area contributed by atoms with Gasteiger partial charge in [-0.1, -0.05) is 24.3 Å². The standard InChI is InChI=1S/C15H16N2O2/c1-17-9-14(8-16-17)11-4-2-10(3-5-11)12-6-13(7-12)15(18)19/h2-5,8-9,12-13H,6-7H2,1H3,(H,18,19). The highest BCUT2D eigenvalue weighted by Gasteiger charge is 2.35. The molecule has 1 N–H and O–H groups in total. The first-order chi connectivity index (χ1) is 9.13. The molecule has 98 valence electrons. The summed E-state index contributed by atoms with van der Waals surface area (Å²) in [6, 6.07) is 8.37. The third kappa shape index (κ3) is 2.26. The van der Waals surface area contributed by atoms with E-state index in [0.29, 0.717) is 5.92 Å². The monoisotopic (exact) mass is 256 g/mol. The second-order valence-electron chi connectivity index (χ2n) is 5.23. The van der Waals surface area contributed by atoms with Crippen molar-refractivity contribution in [2.45, 2.75) is 18.8 Å². The minimum absolute atomic E-state index is 0.150. The number of carbonyl (C=O) groups is 1. The summed E-state index contributed by atoms with van der Waals surface area (Å²) in [6.45, 7) is 0. The number of carboxylic acids is 1. The van der Waals surface area contributed by atoms with Crippen LogP contribution in [0.5, 0.6) is 0 Å². The van der Waals surface area contributed by atoms with E-state index in [0.717, 1.165) is 24.0 Å². The number of aromatic nitrogens is 2. The summed E-state index contributed by atoms with van der Waals surface area (Å²) in [4.78, 5) is 10.8. The summed E-state index contributed by atoms with van der Waals surface area (Å²) in [5.41, 5.74) is 3.49. The van der Waals surface area contributed by atoms with Crippen LogP contribution in [-0.2, 0) is 11.8 Å². The Labute approximate surface area is 111 Å². The molecule has 1 aliphatic rings. The van der Waals surface area contributed by atoms with E-state index in [-0.39, 0.29) is 5.92 Å². The topological polar surface area (TPSA) is 55.1 Å². The average molecular weight is 256 g/mol. The van der Waals surface area contributed by atoms with Gasteiger partial charge in [-0.15, -0.1) is 0 Å². The number of hydrogen-bond donors (Lipinski definition) is 1. The van der Waals surface area contributed by atoms with Gasteiger partial charge in [0.1, 0.15) is 0 Å². The predicted octanol–water partition coefficient (Wildman–Crippen LogP) is 2.67. The van der Waals surface area contributed by atoms with Gasteiger partial charge in [0.25, 0.3) is 0 Å². The van der Waals surface area contributed by atoms with Crippen molar-refractivity contribution >= 4 is 5.97 Å². The normalized spacial score (nSPS) is 21.9. The molecule has 2 aromatic rings. The van der Waals surface area contributed by atoms with Crippen molar-refractivity contribution < 1.29 is 9.90 Å². The zero-order chi connectivity index (χ0) is 13.4. The van der Waals surface area contributed by atoms with Gasteiger partial charge < -0.3 is 5.11 Å². The van der Waals surface area contributed by atoms with Crippen LogP contribution in [0, 0.1) is 5.92 Å². The fourth-order valence-corrected chi connectivity index (χ4v) is 2.61. The molecule has 1 saturated carbocycles. The largest absolute Gasteiger partial charge is 0.481 e. The van der Waals surface area contributed by atoms with Crippen molar-refractivity contribution in [3.63, 3.8) is 0 Å². The molecular weight excluding hydrogens is 240 g/mol. The lowest BCUT2D eigenvalue weighted by molar-refractivity contribution is -0.145. The first-order valence-corrected chi connectivity index (χ1v) is 6.45. The van der Waals surface area contributed by atoms with Crippen molar-refractivity contribution in [1.29, 1.82) is 0 Å². The minimum Gasteiger partial charge on any atom is -0.481 e. The lowest BCUT2D eigenvalue weighted by Gasteiger charge is -2.32. The van der Waals surface area contributed by atoms with E-state index in [2.05, 4.69) is 29.4 Å². The summed E-state index contributed by atoms with van der Waals surface area (Å²) in [6.07, 6.45) is 5.36. The number of carboxylic acid groups (broad SMARTS) is 1. The molecule has 1 fully saturated rings. The van der Waals surface area contributed by atoms with Crippen molar-refractivity contribution in [2.24, 2.45) is 13.0 Å². The zero-order valence-electron chi connectivity index (χ0n) is 10.8. The molecule has 4 nitrogen and oxygen atoms in total. The second-order valence-corrected chi connectivity index (χ2v) is 5.23. The summed E-state index contributed by atoms with van der Waals surface area (Å²) < 4.78 is 1.78. The summed E-state index contributed by atoms with van der Waals surface area (Å²) in [5, 5.41) is 13.0. The van der Waals surface area contributed by atoms with E-state index in [9.17, 15) is 4.79 Å². The highest BCUT2D eigenvalue weighted by molar-refractivity contribution is 5.71. The van der Waals surface area contributed by atoms with E-state index in [1.54, 1.807) is 4.68 Å². The fraction of sp³-hybridized carbons (Fsp3) is 0.333. The van der Waals surface area contributed by atoms with Crippen LogP contribution >= 0.6 is 0 Å². The second kappa shape index (κ2) is 4.53. The Morgan fingerprint density at radius 2 is 1.95 bits per heavy atom. The minimum atomic E-state index is -0.664. The Morgan fingerprint density at radius 1 is 1.26 bits per heavy atom. The van der Waals surface area contributed by atoms with Crippen LogP contribution in [0.1, 0.15) is 24.3 Å². The Morgan fingerprint density at radius 3 is 2.47 bits per heavy atom. The van der Waals surface area contributed by atoms with Gasteiger partial charge in [0.15, 0.2) is 0 Å². The van der Waals surface area contributed by atoms with Gasteiger partial charge in [-0.05, 0) is 29.9 Å². The number of hydrogen-bond acceptors (Lipinski definition) is 2. The Hall–Kier alpha value is -2.10.